The number of carbonyl (C=O) groups excluding carboxylic acids is 1. The predicted molar refractivity (Wildman–Crippen MR) is 90.9 cm³/mol. The highest BCUT2D eigenvalue weighted by Crippen LogP contribution is 2.12. The van der Waals surface area contributed by atoms with Gasteiger partial charge in [0.25, 0.3) is 0 Å². The van der Waals surface area contributed by atoms with Gasteiger partial charge in [-0.1, -0.05) is 43.2 Å². The molecule has 0 aliphatic carbocycles. The Morgan fingerprint density at radius 3 is 2.55 bits per heavy atom. The molecule has 0 bridgehead atoms. The van der Waals surface area contributed by atoms with Crippen molar-refractivity contribution in [2.45, 2.75) is 39.7 Å². The third-order valence-corrected chi connectivity index (χ3v) is 3.41. The highest BCUT2D eigenvalue weighted by Gasteiger charge is 2.02. The first-order valence-electron chi connectivity index (χ1n) is 7.72. The number of hydrogen-bond acceptors (Lipinski definition) is 3. The minimum absolute atomic E-state index is 0.0229. The van der Waals surface area contributed by atoms with Gasteiger partial charge in [-0.15, -0.1) is 0 Å². The predicted octanol–water partition coefficient (Wildman–Crippen LogP) is 4.13. The van der Waals surface area contributed by atoms with Crippen LogP contribution in [-0.4, -0.2) is 10.9 Å². The van der Waals surface area contributed by atoms with Gasteiger partial charge in [0, 0.05) is 13.0 Å². The molecular formula is C18H23N3O. The number of carbonyl (C=O) groups is 1. The molecular weight excluding hydrogens is 274 g/mol. The fourth-order valence-corrected chi connectivity index (χ4v) is 2.03. The number of benzene rings is 1. The van der Waals surface area contributed by atoms with E-state index in [0.29, 0.717) is 12.2 Å². The van der Waals surface area contributed by atoms with E-state index in [4.69, 9.17) is 0 Å². The molecule has 4 nitrogen and oxygen atoms in total. The summed E-state index contributed by atoms with van der Waals surface area (Å²) < 4.78 is 0. The Labute approximate surface area is 132 Å². The largest absolute Gasteiger partial charge is 0.380 e. The lowest BCUT2D eigenvalue weighted by Gasteiger charge is -2.08. The van der Waals surface area contributed by atoms with Crippen molar-refractivity contribution < 1.29 is 4.79 Å². The SMILES string of the molecule is CCCCC(=O)Nc1ccc(NCc2ccc(C)cc2)cn1. The summed E-state index contributed by atoms with van der Waals surface area (Å²) in [6, 6.07) is 12.2. The molecule has 1 heterocycles. The second-order valence-corrected chi connectivity index (χ2v) is 5.42. The lowest BCUT2D eigenvalue weighted by Crippen LogP contribution is -2.12. The average Bonchev–Trinajstić information content (AvgIpc) is 2.54. The molecule has 0 atom stereocenters. The van der Waals surface area contributed by atoms with Crippen molar-refractivity contribution in [2.24, 2.45) is 0 Å². The van der Waals surface area contributed by atoms with Crippen LogP contribution in [0.2, 0.25) is 0 Å². The van der Waals surface area contributed by atoms with Crippen molar-refractivity contribution in [3.63, 3.8) is 0 Å². The Morgan fingerprint density at radius 2 is 1.91 bits per heavy atom. The normalized spacial score (nSPS) is 10.3. The molecule has 0 saturated carbocycles. The van der Waals surface area contributed by atoms with Crippen LogP contribution in [0.1, 0.15) is 37.3 Å². The Kier molecular flexibility index (Phi) is 5.95. The van der Waals surface area contributed by atoms with Crippen LogP contribution in [0.15, 0.2) is 42.6 Å². The summed E-state index contributed by atoms with van der Waals surface area (Å²) in [4.78, 5) is 15.9. The van der Waals surface area contributed by atoms with Gasteiger partial charge in [-0.25, -0.2) is 4.98 Å². The molecule has 4 heteroatoms. The van der Waals surface area contributed by atoms with Crippen LogP contribution in [0.4, 0.5) is 11.5 Å². The minimum atomic E-state index is 0.0229. The van der Waals surface area contributed by atoms with Gasteiger partial charge in [-0.2, -0.15) is 0 Å². The van der Waals surface area contributed by atoms with Crippen LogP contribution < -0.4 is 10.6 Å². The summed E-state index contributed by atoms with van der Waals surface area (Å²) in [6.07, 6.45) is 4.21. The third-order valence-electron chi connectivity index (χ3n) is 3.41. The van der Waals surface area contributed by atoms with Gasteiger partial charge in [0.15, 0.2) is 0 Å². The molecule has 1 aromatic heterocycles. The van der Waals surface area contributed by atoms with Crippen LogP contribution >= 0.6 is 0 Å². The maximum Gasteiger partial charge on any atom is 0.225 e. The van der Waals surface area contributed by atoms with Gasteiger partial charge in [-0.05, 0) is 31.0 Å². The molecule has 0 radical (unpaired) electrons. The molecule has 1 aromatic carbocycles. The molecule has 0 saturated heterocycles. The number of rotatable bonds is 7. The molecule has 116 valence electrons. The van der Waals surface area contributed by atoms with Crippen LogP contribution in [0.3, 0.4) is 0 Å². The summed E-state index contributed by atoms with van der Waals surface area (Å²) >= 11 is 0. The summed E-state index contributed by atoms with van der Waals surface area (Å²) in [6.45, 7) is 4.90. The Balaban J connectivity index is 1.83. The van der Waals surface area contributed by atoms with Crippen LogP contribution in [0.5, 0.6) is 0 Å². The first-order chi connectivity index (χ1) is 10.7. The molecule has 0 aliphatic heterocycles. The second-order valence-electron chi connectivity index (χ2n) is 5.42. The number of nitrogens with one attached hydrogen (secondary N) is 2. The van der Waals surface area contributed by atoms with Gasteiger partial charge in [0.1, 0.15) is 5.82 Å². The third kappa shape index (κ3) is 5.20. The number of hydrogen-bond donors (Lipinski definition) is 2. The summed E-state index contributed by atoms with van der Waals surface area (Å²) in [5.41, 5.74) is 3.42. The maximum absolute atomic E-state index is 11.6. The molecule has 22 heavy (non-hydrogen) atoms. The van der Waals surface area contributed by atoms with Gasteiger partial charge in [-0.3, -0.25) is 4.79 Å². The van der Waals surface area contributed by atoms with E-state index in [1.165, 1.54) is 11.1 Å². The van der Waals surface area contributed by atoms with Crippen molar-refractivity contribution in [2.75, 3.05) is 10.6 Å². The standard InChI is InChI=1S/C18H23N3O/c1-3-4-5-18(22)21-17-11-10-16(13-20-17)19-12-15-8-6-14(2)7-9-15/h6-11,13,19H,3-5,12H2,1-2H3,(H,20,21,22). The quantitative estimate of drug-likeness (QED) is 0.808. The highest BCUT2D eigenvalue weighted by molar-refractivity contribution is 5.89. The van der Waals surface area contributed by atoms with E-state index >= 15 is 0 Å². The van der Waals surface area contributed by atoms with Gasteiger partial charge >= 0.3 is 0 Å². The number of unbranched alkanes of at least 4 members (excludes halogenated alkanes) is 1. The van der Waals surface area contributed by atoms with Gasteiger partial charge in [0.2, 0.25) is 5.91 Å². The van der Waals surface area contributed by atoms with E-state index in [1.54, 1.807) is 6.20 Å². The zero-order valence-corrected chi connectivity index (χ0v) is 13.2. The number of aromatic nitrogens is 1. The van der Waals surface area contributed by atoms with Crippen LogP contribution in [-0.2, 0) is 11.3 Å². The molecule has 1 amide bonds. The summed E-state index contributed by atoms with van der Waals surface area (Å²) in [7, 11) is 0. The average molecular weight is 297 g/mol. The number of anilines is 2. The zero-order chi connectivity index (χ0) is 15.8. The van der Waals surface area contributed by atoms with Crippen molar-refractivity contribution in [3.05, 3.63) is 53.7 Å². The topological polar surface area (TPSA) is 54.0 Å². The maximum atomic E-state index is 11.6. The number of nitrogens with zero attached hydrogens (tertiary/aromatic N) is 1. The molecule has 2 N–H and O–H groups in total. The lowest BCUT2D eigenvalue weighted by atomic mass is 10.1. The Morgan fingerprint density at radius 1 is 1.14 bits per heavy atom. The van der Waals surface area contributed by atoms with Crippen molar-refractivity contribution >= 4 is 17.4 Å². The van der Waals surface area contributed by atoms with E-state index < -0.39 is 0 Å². The van der Waals surface area contributed by atoms with Crippen molar-refractivity contribution in [1.82, 2.24) is 4.98 Å². The van der Waals surface area contributed by atoms with E-state index in [2.05, 4.69) is 53.7 Å². The molecule has 0 unspecified atom stereocenters. The van der Waals surface area contributed by atoms with Crippen LogP contribution in [0.25, 0.3) is 0 Å². The van der Waals surface area contributed by atoms with E-state index in [9.17, 15) is 4.79 Å². The Hall–Kier alpha value is -2.36. The molecule has 0 fully saturated rings. The fraction of sp³-hybridized carbons (Fsp3) is 0.333. The van der Waals surface area contributed by atoms with Crippen LogP contribution in [0, 0.1) is 6.92 Å². The first-order valence-corrected chi connectivity index (χ1v) is 7.72. The summed E-state index contributed by atoms with van der Waals surface area (Å²) in [5.74, 6) is 0.622. The summed E-state index contributed by atoms with van der Waals surface area (Å²) in [5, 5.41) is 6.13. The highest BCUT2D eigenvalue weighted by atomic mass is 16.1. The minimum Gasteiger partial charge on any atom is -0.380 e. The number of amides is 1. The second kappa shape index (κ2) is 8.17. The molecule has 0 spiro atoms. The zero-order valence-electron chi connectivity index (χ0n) is 13.2. The smallest absolute Gasteiger partial charge is 0.225 e. The molecule has 2 aromatic rings. The number of pyridine rings is 1. The van der Waals surface area contributed by atoms with Crippen molar-refractivity contribution in [1.29, 1.82) is 0 Å². The van der Waals surface area contributed by atoms with Gasteiger partial charge in [0.05, 0.1) is 11.9 Å². The van der Waals surface area contributed by atoms with Gasteiger partial charge < -0.3 is 10.6 Å². The fourth-order valence-electron chi connectivity index (χ4n) is 2.03. The van der Waals surface area contributed by atoms with E-state index in [1.807, 2.05) is 12.1 Å². The first kappa shape index (κ1) is 16.0. The Bertz CT molecular complexity index is 591. The molecule has 0 aliphatic rings. The van der Waals surface area contributed by atoms with E-state index in [-0.39, 0.29) is 5.91 Å². The monoisotopic (exact) mass is 297 g/mol. The van der Waals surface area contributed by atoms with E-state index in [0.717, 1.165) is 25.1 Å². The number of aryl methyl sites for hydroxylation is 1. The van der Waals surface area contributed by atoms with Crippen molar-refractivity contribution in [3.8, 4) is 0 Å². The molecule has 2 rings (SSSR count). The lowest BCUT2D eigenvalue weighted by molar-refractivity contribution is -0.116.